The predicted molar refractivity (Wildman–Crippen MR) is 149 cm³/mol. The molecular formula is C31H26N6O. The first-order valence-corrected chi connectivity index (χ1v) is 12.8. The van der Waals surface area contributed by atoms with Crippen molar-refractivity contribution in [2.24, 2.45) is 11.5 Å². The molecule has 0 bridgehead atoms. The molecule has 2 aromatic heterocycles. The van der Waals surface area contributed by atoms with Crippen LogP contribution in [-0.4, -0.2) is 20.4 Å². The number of nitrogens with two attached hydrogens (primary N) is 2. The molecule has 3 heterocycles. The molecule has 1 saturated carbocycles. The summed E-state index contributed by atoms with van der Waals surface area (Å²) in [6, 6.07) is 27.9. The van der Waals surface area contributed by atoms with Crippen molar-refractivity contribution in [3.8, 4) is 39.6 Å². The zero-order valence-corrected chi connectivity index (χ0v) is 20.7. The summed E-state index contributed by atoms with van der Waals surface area (Å²) in [5.41, 5.74) is 20.0. The zero-order valence-electron chi connectivity index (χ0n) is 20.7. The lowest BCUT2D eigenvalue weighted by atomic mass is 9.72. The first-order valence-electron chi connectivity index (χ1n) is 12.8. The molecule has 1 amide bonds. The number of anilines is 2. The van der Waals surface area contributed by atoms with E-state index < -0.39 is 5.91 Å². The highest BCUT2D eigenvalue weighted by Crippen LogP contribution is 2.45. The van der Waals surface area contributed by atoms with Crippen molar-refractivity contribution in [2.75, 3.05) is 5.32 Å². The normalized spacial score (nSPS) is 14.8. The summed E-state index contributed by atoms with van der Waals surface area (Å²) in [4.78, 5) is 21.6. The van der Waals surface area contributed by atoms with Gasteiger partial charge in [-0.25, -0.2) is 9.97 Å². The van der Waals surface area contributed by atoms with Crippen molar-refractivity contribution in [3.05, 3.63) is 102 Å². The lowest BCUT2D eigenvalue weighted by Crippen LogP contribution is -2.43. The Kier molecular flexibility index (Phi) is 4.96. The molecule has 1 aliphatic carbocycles. The van der Waals surface area contributed by atoms with E-state index in [2.05, 4.69) is 45.2 Å². The van der Waals surface area contributed by atoms with Crippen LogP contribution in [0.5, 0.6) is 0 Å². The van der Waals surface area contributed by atoms with Crippen LogP contribution in [0.1, 0.15) is 35.2 Å². The largest absolute Gasteiger partial charge is 0.366 e. The first-order chi connectivity index (χ1) is 18.5. The van der Waals surface area contributed by atoms with E-state index in [0.717, 1.165) is 75.9 Å². The molecule has 3 aromatic carbocycles. The van der Waals surface area contributed by atoms with Gasteiger partial charge < -0.3 is 16.8 Å². The SMILES string of the molecule is NC(=O)c1ccc(-c2nc3n(c2-c2ccc(C4(N)CCC4)cc2)-c2cccnc2Nc2ccccc2-3)cc1. The van der Waals surface area contributed by atoms with E-state index in [0.29, 0.717) is 5.56 Å². The molecule has 0 radical (unpaired) electrons. The van der Waals surface area contributed by atoms with Crippen LogP contribution in [0.4, 0.5) is 11.5 Å². The van der Waals surface area contributed by atoms with E-state index in [1.807, 2.05) is 42.5 Å². The lowest BCUT2D eigenvalue weighted by Gasteiger charge is -2.38. The van der Waals surface area contributed by atoms with Crippen molar-refractivity contribution in [3.63, 3.8) is 0 Å². The van der Waals surface area contributed by atoms with Crippen molar-refractivity contribution < 1.29 is 4.79 Å². The fourth-order valence-electron chi connectivity index (χ4n) is 5.49. The molecule has 0 atom stereocenters. The molecular weight excluding hydrogens is 472 g/mol. The second-order valence-corrected chi connectivity index (χ2v) is 10.0. The van der Waals surface area contributed by atoms with Crippen LogP contribution < -0.4 is 16.8 Å². The highest BCUT2D eigenvalue weighted by Gasteiger charge is 2.34. The Balaban J connectivity index is 1.51. The number of aromatic nitrogens is 3. The Morgan fingerprint density at radius 3 is 2.34 bits per heavy atom. The molecule has 1 fully saturated rings. The fourth-order valence-corrected chi connectivity index (χ4v) is 5.49. The van der Waals surface area contributed by atoms with Crippen LogP contribution in [0.2, 0.25) is 0 Å². The minimum atomic E-state index is -0.459. The van der Waals surface area contributed by atoms with Crippen molar-refractivity contribution in [1.82, 2.24) is 14.5 Å². The van der Waals surface area contributed by atoms with Gasteiger partial charge in [-0.05, 0) is 61.2 Å². The van der Waals surface area contributed by atoms with Gasteiger partial charge in [0.1, 0.15) is 5.82 Å². The summed E-state index contributed by atoms with van der Waals surface area (Å²) in [6.07, 6.45) is 4.96. The second-order valence-electron chi connectivity index (χ2n) is 10.0. The number of imidazole rings is 1. The number of benzene rings is 3. The van der Waals surface area contributed by atoms with Gasteiger partial charge in [0, 0.05) is 34.0 Å². The quantitative estimate of drug-likeness (QED) is 0.286. The molecule has 7 rings (SSSR count). The Morgan fingerprint density at radius 1 is 0.895 bits per heavy atom. The van der Waals surface area contributed by atoms with Crippen LogP contribution >= 0.6 is 0 Å². The number of carbonyl (C=O) groups is 1. The van der Waals surface area contributed by atoms with Crippen molar-refractivity contribution in [2.45, 2.75) is 24.8 Å². The van der Waals surface area contributed by atoms with Gasteiger partial charge in [-0.1, -0.05) is 48.5 Å². The van der Waals surface area contributed by atoms with Gasteiger partial charge in [0.05, 0.1) is 22.8 Å². The van der Waals surface area contributed by atoms with E-state index in [1.165, 1.54) is 0 Å². The standard InChI is InChI=1S/C31H26N6O/c32-28(38)21-10-8-19(9-11-21)26-27(20-12-14-22(15-13-20)31(33)16-4-17-31)37-25-7-3-18-34-29(25)35-24-6-2-1-5-23(24)30(37)36-26/h1-3,5-15,18H,4,16-17,33H2,(H2,32,38)(H,34,35). The number of nitrogens with zero attached hydrogens (tertiary/aromatic N) is 3. The zero-order chi connectivity index (χ0) is 25.9. The van der Waals surface area contributed by atoms with Gasteiger partial charge >= 0.3 is 0 Å². The summed E-state index contributed by atoms with van der Waals surface area (Å²) >= 11 is 0. The number of primary amides is 1. The van der Waals surface area contributed by atoms with Crippen LogP contribution in [0.3, 0.4) is 0 Å². The fraction of sp³-hybridized carbons (Fsp3) is 0.129. The monoisotopic (exact) mass is 498 g/mol. The average molecular weight is 499 g/mol. The van der Waals surface area contributed by atoms with Gasteiger partial charge in [-0.15, -0.1) is 0 Å². The maximum atomic E-state index is 11.7. The Hall–Kier alpha value is -4.75. The highest BCUT2D eigenvalue weighted by atomic mass is 16.1. The number of hydrogen-bond acceptors (Lipinski definition) is 5. The van der Waals surface area contributed by atoms with Gasteiger partial charge in [-0.2, -0.15) is 0 Å². The first kappa shape index (κ1) is 22.4. The number of nitrogens with one attached hydrogen (secondary N) is 1. The summed E-state index contributed by atoms with van der Waals surface area (Å²) in [6.45, 7) is 0. The number of rotatable bonds is 4. The van der Waals surface area contributed by atoms with E-state index in [1.54, 1.807) is 18.3 Å². The van der Waals surface area contributed by atoms with Gasteiger partial charge in [0.15, 0.2) is 5.82 Å². The minimum Gasteiger partial charge on any atom is -0.366 e. The molecule has 7 nitrogen and oxygen atoms in total. The highest BCUT2D eigenvalue weighted by molar-refractivity contribution is 5.94. The van der Waals surface area contributed by atoms with E-state index >= 15 is 0 Å². The number of fused-ring (bicyclic) bond motifs is 5. The number of carbonyl (C=O) groups excluding carboxylic acids is 1. The molecule has 38 heavy (non-hydrogen) atoms. The number of para-hydroxylation sites is 1. The van der Waals surface area contributed by atoms with Gasteiger partial charge in [0.25, 0.3) is 0 Å². The summed E-state index contributed by atoms with van der Waals surface area (Å²) in [5, 5.41) is 3.50. The molecule has 0 saturated heterocycles. The lowest BCUT2D eigenvalue weighted by molar-refractivity contribution is 0.100. The maximum Gasteiger partial charge on any atom is 0.248 e. The molecule has 5 N–H and O–H groups in total. The number of hydrogen-bond donors (Lipinski definition) is 3. The minimum absolute atomic E-state index is 0.236. The van der Waals surface area contributed by atoms with Gasteiger partial charge in [-0.3, -0.25) is 9.36 Å². The van der Waals surface area contributed by atoms with E-state index in [-0.39, 0.29) is 5.54 Å². The summed E-state index contributed by atoms with van der Waals surface area (Å²) < 4.78 is 2.18. The molecule has 0 spiro atoms. The molecule has 2 aliphatic rings. The second kappa shape index (κ2) is 8.39. The van der Waals surface area contributed by atoms with Crippen LogP contribution in [0, 0.1) is 0 Å². The average Bonchev–Trinajstić information content (AvgIpc) is 3.26. The topological polar surface area (TPSA) is 112 Å². The van der Waals surface area contributed by atoms with Crippen molar-refractivity contribution >= 4 is 17.4 Å². The Labute approximate surface area is 220 Å². The van der Waals surface area contributed by atoms with Crippen LogP contribution in [0.15, 0.2) is 91.1 Å². The summed E-state index contributed by atoms with van der Waals surface area (Å²) in [7, 11) is 0. The third-order valence-electron chi connectivity index (χ3n) is 7.75. The summed E-state index contributed by atoms with van der Waals surface area (Å²) in [5.74, 6) is 1.10. The molecule has 1 aliphatic heterocycles. The Morgan fingerprint density at radius 2 is 1.63 bits per heavy atom. The molecule has 186 valence electrons. The number of pyridine rings is 1. The molecule has 0 unspecified atom stereocenters. The van der Waals surface area contributed by atoms with Crippen molar-refractivity contribution in [1.29, 1.82) is 0 Å². The predicted octanol–water partition coefficient (Wildman–Crippen LogP) is 5.76. The molecule has 5 aromatic rings. The molecule has 7 heteroatoms. The van der Waals surface area contributed by atoms with Crippen LogP contribution in [0.25, 0.3) is 39.6 Å². The van der Waals surface area contributed by atoms with Crippen LogP contribution in [-0.2, 0) is 5.54 Å². The third kappa shape index (κ3) is 3.43. The third-order valence-corrected chi connectivity index (χ3v) is 7.75. The Bertz CT molecular complexity index is 1700. The van der Waals surface area contributed by atoms with E-state index in [4.69, 9.17) is 16.5 Å². The smallest absolute Gasteiger partial charge is 0.248 e. The number of amides is 1. The van der Waals surface area contributed by atoms with Gasteiger partial charge in [0.2, 0.25) is 5.91 Å². The maximum absolute atomic E-state index is 11.7. The van der Waals surface area contributed by atoms with E-state index in [9.17, 15) is 4.79 Å².